The molecule has 1 atom stereocenters. The third-order valence-electron chi connectivity index (χ3n) is 3.58. The molecule has 2 amide bonds. The molecule has 0 heterocycles. The van der Waals surface area contributed by atoms with E-state index in [1.807, 2.05) is 13.8 Å². The largest absolute Gasteiger partial charge is 0.350 e. The molecule has 6 heteroatoms. The van der Waals surface area contributed by atoms with Gasteiger partial charge in [0.15, 0.2) is 11.6 Å². The van der Waals surface area contributed by atoms with Crippen molar-refractivity contribution in [3.05, 3.63) is 65.2 Å². The van der Waals surface area contributed by atoms with E-state index in [4.69, 9.17) is 0 Å². The Bertz CT molecular complexity index is 745. The van der Waals surface area contributed by atoms with Crippen LogP contribution in [0.2, 0.25) is 0 Å². The standard InChI is InChI=1S/C18H18F2N2O2/c1-3-11(2)21-17(23)12-4-7-14(8-5-12)22-18(24)13-6-9-15(19)16(20)10-13/h4-11H,3H2,1-2H3,(H,21,23)(H,22,24). The lowest BCUT2D eigenvalue weighted by atomic mass is 10.1. The lowest BCUT2D eigenvalue weighted by Crippen LogP contribution is -2.31. The Hall–Kier alpha value is -2.76. The van der Waals surface area contributed by atoms with Gasteiger partial charge in [0.25, 0.3) is 11.8 Å². The number of hydrogen-bond acceptors (Lipinski definition) is 2. The lowest BCUT2D eigenvalue weighted by Gasteiger charge is -2.12. The van der Waals surface area contributed by atoms with Gasteiger partial charge in [0.1, 0.15) is 0 Å². The van der Waals surface area contributed by atoms with Crippen LogP contribution < -0.4 is 10.6 Å². The van der Waals surface area contributed by atoms with Gasteiger partial charge in [0, 0.05) is 22.9 Å². The van der Waals surface area contributed by atoms with Crippen molar-refractivity contribution >= 4 is 17.5 Å². The third-order valence-corrected chi connectivity index (χ3v) is 3.58. The molecule has 0 aliphatic heterocycles. The summed E-state index contributed by atoms with van der Waals surface area (Å²) in [7, 11) is 0. The molecule has 4 nitrogen and oxygen atoms in total. The van der Waals surface area contributed by atoms with Crippen LogP contribution in [0.3, 0.4) is 0 Å². The van der Waals surface area contributed by atoms with Crippen molar-refractivity contribution in [3.8, 4) is 0 Å². The van der Waals surface area contributed by atoms with Crippen molar-refractivity contribution in [2.24, 2.45) is 0 Å². The zero-order chi connectivity index (χ0) is 17.7. The van der Waals surface area contributed by atoms with Crippen molar-refractivity contribution in [1.82, 2.24) is 5.32 Å². The number of carbonyl (C=O) groups is 2. The molecule has 0 spiro atoms. The van der Waals surface area contributed by atoms with Crippen LogP contribution in [0.15, 0.2) is 42.5 Å². The molecule has 0 aliphatic rings. The molecule has 1 unspecified atom stereocenters. The van der Waals surface area contributed by atoms with E-state index in [2.05, 4.69) is 10.6 Å². The molecule has 0 saturated heterocycles. The van der Waals surface area contributed by atoms with Crippen LogP contribution >= 0.6 is 0 Å². The minimum absolute atomic E-state index is 0.00694. The number of rotatable bonds is 5. The van der Waals surface area contributed by atoms with Crippen LogP contribution in [0, 0.1) is 11.6 Å². The zero-order valence-corrected chi connectivity index (χ0v) is 13.4. The van der Waals surface area contributed by atoms with Gasteiger partial charge in [-0.15, -0.1) is 0 Å². The van der Waals surface area contributed by atoms with Crippen molar-refractivity contribution in [2.75, 3.05) is 5.32 Å². The first kappa shape index (κ1) is 17.6. The van der Waals surface area contributed by atoms with Crippen LogP contribution in [0.25, 0.3) is 0 Å². The Kier molecular flexibility index (Phi) is 5.63. The van der Waals surface area contributed by atoms with Crippen molar-refractivity contribution in [1.29, 1.82) is 0 Å². The van der Waals surface area contributed by atoms with E-state index >= 15 is 0 Å². The summed E-state index contributed by atoms with van der Waals surface area (Å²) in [5.41, 5.74) is 0.929. The normalized spacial score (nSPS) is 11.7. The number of hydrogen-bond donors (Lipinski definition) is 2. The van der Waals surface area contributed by atoms with Gasteiger partial charge >= 0.3 is 0 Å². The summed E-state index contributed by atoms with van der Waals surface area (Å²) in [5.74, 6) is -2.85. The van der Waals surface area contributed by atoms with Gasteiger partial charge in [0.05, 0.1) is 0 Å². The fraction of sp³-hybridized carbons (Fsp3) is 0.222. The molecular formula is C18H18F2N2O2. The van der Waals surface area contributed by atoms with E-state index in [-0.39, 0.29) is 17.5 Å². The van der Waals surface area contributed by atoms with Crippen molar-refractivity contribution < 1.29 is 18.4 Å². The molecule has 0 aromatic heterocycles. The highest BCUT2D eigenvalue weighted by Gasteiger charge is 2.11. The summed E-state index contributed by atoms with van der Waals surface area (Å²) >= 11 is 0. The van der Waals surface area contributed by atoms with Gasteiger partial charge in [-0.05, 0) is 55.8 Å². The second kappa shape index (κ2) is 7.68. The van der Waals surface area contributed by atoms with E-state index in [1.54, 1.807) is 24.3 Å². The smallest absolute Gasteiger partial charge is 0.255 e. The monoisotopic (exact) mass is 332 g/mol. The highest BCUT2D eigenvalue weighted by molar-refractivity contribution is 6.04. The minimum atomic E-state index is -1.08. The Morgan fingerprint density at radius 3 is 2.17 bits per heavy atom. The Balaban J connectivity index is 2.04. The molecule has 2 aromatic rings. The van der Waals surface area contributed by atoms with Crippen LogP contribution in [0.1, 0.15) is 41.0 Å². The SMILES string of the molecule is CCC(C)NC(=O)c1ccc(NC(=O)c2ccc(F)c(F)c2)cc1. The molecule has 2 N–H and O–H groups in total. The van der Waals surface area contributed by atoms with Crippen LogP contribution in [0.4, 0.5) is 14.5 Å². The summed E-state index contributed by atoms with van der Waals surface area (Å²) in [5, 5.41) is 5.40. The second-order valence-corrected chi connectivity index (χ2v) is 5.44. The molecule has 0 saturated carbocycles. The summed E-state index contributed by atoms with van der Waals surface area (Å²) in [6.07, 6.45) is 0.827. The first-order valence-corrected chi connectivity index (χ1v) is 7.58. The molecule has 0 bridgehead atoms. The minimum Gasteiger partial charge on any atom is -0.350 e. The molecule has 0 aliphatic carbocycles. The van der Waals surface area contributed by atoms with Gasteiger partial charge < -0.3 is 10.6 Å². The maximum absolute atomic E-state index is 13.2. The van der Waals surface area contributed by atoms with E-state index in [0.717, 1.165) is 18.6 Å². The van der Waals surface area contributed by atoms with Gasteiger partial charge in [-0.1, -0.05) is 6.92 Å². The maximum Gasteiger partial charge on any atom is 0.255 e. The summed E-state index contributed by atoms with van der Waals surface area (Å²) < 4.78 is 26.0. The summed E-state index contributed by atoms with van der Waals surface area (Å²) in [6, 6.07) is 9.31. The predicted molar refractivity (Wildman–Crippen MR) is 88.0 cm³/mol. The molecule has 0 radical (unpaired) electrons. The van der Waals surface area contributed by atoms with Crippen molar-refractivity contribution in [3.63, 3.8) is 0 Å². The van der Waals surface area contributed by atoms with Gasteiger partial charge in [-0.25, -0.2) is 8.78 Å². The summed E-state index contributed by atoms with van der Waals surface area (Å²) in [6.45, 7) is 3.89. The molecule has 24 heavy (non-hydrogen) atoms. The molecular weight excluding hydrogens is 314 g/mol. The van der Waals surface area contributed by atoms with E-state index in [0.29, 0.717) is 11.3 Å². The van der Waals surface area contributed by atoms with E-state index < -0.39 is 17.5 Å². The van der Waals surface area contributed by atoms with E-state index in [1.165, 1.54) is 6.07 Å². The molecule has 2 aromatic carbocycles. The average Bonchev–Trinajstić information content (AvgIpc) is 2.57. The van der Waals surface area contributed by atoms with Crippen LogP contribution in [0.5, 0.6) is 0 Å². The quantitative estimate of drug-likeness (QED) is 0.876. The molecule has 126 valence electrons. The Labute approximate surface area is 138 Å². The maximum atomic E-state index is 13.2. The fourth-order valence-electron chi connectivity index (χ4n) is 1.95. The topological polar surface area (TPSA) is 58.2 Å². The number of benzene rings is 2. The van der Waals surface area contributed by atoms with Crippen LogP contribution in [-0.4, -0.2) is 17.9 Å². The van der Waals surface area contributed by atoms with Gasteiger partial charge in [0.2, 0.25) is 0 Å². The Morgan fingerprint density at radius 1 is 0.958 bits per heavy atom. The second-order valence-electron chi connectivity index (χ2n) is 5.44. The average molecular weight is 332 g/mol. The number of carbonyl (C=O) groups excluding carboxylic acids is 2. The first-order chi connectivity index (χ1) is 11.4. The summed E-state index contributed by atoms with van der Waals surface area (Å²) in [4.78, 5) is 24.0. The van der Waals surface area contributed by atoms with Gasteiger partial charge in [-0.2, -0.15) is 0 Å². The Morgan fingerprint density at radius 2 is 1.58 bits per heavy atom. The van der Waals surface area contributed by atoms with E-state index in [9.17, 15) is 18.4 Å². The highest BCUT2D eigenvalue weighted by Crippen LogP contribution is 2.14. The molecule has 0 fully saturated rings. The predicted octanol–water partition coefficient (Wildman–Crippen LogP) is 3.75. The zero-order valence-electron chi connectivity index (χ0n) is 13.4. The van der Waals surface area contributed by atoms with Crippen molar-refractivity contribution in [2.45, 2.75) is 26.3 Å². The number of nitrogens with one attached hydrogen (secondary N) is 2. The third kappa shape index (κ3) is 4.38. The van der Waals surface area contributed by atoms with Gasteiger partial charge in [-0.3, -0.25) is 9.59 Å². The lowest BCUT2D eigenvalue weighted by molar-refractivity contribution is 0.0938. The number of amides is 2. The number of halogens is 2. The highest BCUT2D eigenvalue weighted by atomic mass is 19.2. The fourth-order valence-corrected chi connectivity index (χ4v) is 1.95. The molecule has 2 rings (SSSR count). The van der Waals surface area contributed by atoms with Crippen LogP contribution in [-0.2, 0) is 0 Å². The first-order valence-electron chi connectivity index (χ1n) is 7.58. The number of anilines is 1.